The molecule has 1 aliphatic rings. The maximum Gasteiger partial charge on any atom is 0.234 e. The predicted molar refractivity (Wildman–Crippen MR) is 112 cm³/mol. The monoisotopic (exact) mass is 418 g/mol. The molecule has 7 nitrogen and oxygen atoms in total. The highest BCUT2D eigenvalue weighted by Gasteiger charge is 2.19. The summed E-state index contributed by atoms with van der Waals surface area (Å²) in [5.41, 5.74) is 2.10. The third kappa shape index (κ3) is 6.07. The minimum absolute atomic E-state index is 0.125. The van der Waals surface area contributed by atoms with Gasteiger partial charge in [0.25, 0.3) is 0 Å². The highest BCUT2D eigenvalue weighted by atomic mass is 32.2. The van der Waals surface area contributed by atoms with Gasteiger partial charge in [0.15, 0.2) is 4.34 Å². The Balaban J connectivity index is 1.43. The van der Waals surface area contributed by atoms with Gasteiger partial charge in [-0.15, -0.1) is 11.3 Å². The fraction of sp³-hybridized carbons (Fsp3) is 0.368. The van der Waals surface area contributed by atoms with Crippen molar-refractivity contribution in [2.45, 2.75) is 30.5 Å². The van der Waals surface area contributed by atoms with Gasteiger partial charge in [-0.1, -0.05) is 11.8 Å². The van der Waals surface area contributed by atoms with E-state index in [-0.39, 0.29) is 23.5 Å². The number of nitrogens with zero attached hydrogens (tertiary/aromatic N) is 2. The molecule has 0 bridgehead atoms. The molecule has 0 spiro atoms. The Kier molecular flexibility index (Phi) is 7.05. The van der Waals surface area contributed by atoms with Gasteiger partial charge in [-0.05, 0) is 37.1 Å². The fourth-order valence-electron chi connectivity index (χ4n) is 2.83. The number of rotatable bonds is 7. The predicted octanol–water partition coefficient (Wildman–Crippen LogP) is 3.00. The van der Waals surface area contributed by atoms with Crippen LogP contribution in [-0.4, -0.2) is 46.4 Å². The highest BCUT2D eigenvalue weighted by molar-refractivity contribution is 8.01. The number of benzene rings is 1. The summed E-state index contributed by atoms with van der Waals surface area (Å²) in [6.45, 7) is 3.13. The number of amides is 3. The van der Waals surface area contributed by atoms with Gasteiger partial charge >= 0.3 is 0 Å². The minimum Gasteiger partial charge on any atom is -0.342 e. The molecule has 1 fully saturated rings. The lowest BCUT2D eigenvalue weighted by molar-refractivity contribution is -0.129. The van der Waals surface area contributed by atoms with E-state index in [4.69, 9.17) is 0 Å². The summed E-state index contributed by atoms with van der Waals surface area (Å²) in [4.78, 5) is 41.6. The van der Waals surface area contributed by atoms with Crippen molar-refractivity contribution in [3.63, 3.8) is 0 Å². The third-order valence-electron chi connectivity index (χ3n) is 4.14. The number of likely N-dealkylation sites (tertiary alicyclic amines) is 1. The maximum atomic E-state index is 12.2. The maximum absolute atomic E-state index is 12.2. The first-order chi connectivity index (χ1) is 13.5. The third-order valence-corrected chi connectivity index (χ3v) is 6.21. The minimum atomic E-state index is -0.141. The van der Waals surface area contributed by atoms with Crippen LogP contribution in [0.15, 0.2) is 34.0 Å². The summed E-state index contributed by atoms with van der Waals surface area (Å²) in [7, 11) is 0. The second kappa shape index (κ2) is 9.70. The number of hydrogen-bond donors (Lipinski definition) is 2. The van der Waals surface area contributed by atoms with Crippen LogP contribution >= 0.6 is 23.1 Å². The zero-order valence-electron chi connectivity index (χ0n) is 15.6. The molecule has 1 aromatic carbocycles. The molecule has 3 amide bonds. The lowest BCUT2D eigenvalue weighted by Crippen LogP contribution is -2.29. The molecule has 28 heavy (non-hydrogen) atoms. The van der Waals surface area contributed by atoms with Crippen molar-refractivity contribution < 1.29 is 14.4 Å². The first-order valence-electron chi connectivity index (χ1n) is 9.02. The average Bonchev–Trinajstić information content (AvgIpc) is 3.33. The van der Waals surface area contributed by atoms with Gasteiger partial charge in [0.2, 0.25) is 17.7 Å². The van der Waals surface area contributed by atoms with Crippen molar-refractivity contribution in [1.82, 2.24) is 9.88 Å². The van der Waals surface area contributed by atoms with E-state index in [1.807, 2.05) is 10.3 Å². The summed E-state index contributed by atoms with van der Waals surface area (Å²) in [6.07, 6.45) is 2.48. The van der Waals surface area contributed by atoms with E-state index >= 15 is 0 Å². The molecule has 148 valence electrons. The standard InChI is InChI=1S/C19H22N4O3S2/c1-13(24)20-14-4-6-15(7-5-14)21-17(25)12-28-19-22-16(11-27-19)10-18(26)23-8-2-3-9-23/h4-7,11H,2-3,8-10,12H2,1H3,(H,20,24)(H,21,25). The van der Waals surface area contributed by atoms with Gasteiger partial charge in [-0.3, -0.25) is 14.4 Å². The van der Waals surface area contributed by atoms with E-state index in [1.54, 1.807) is 24.3 Å². The number of thioether (sulfide) groups is 1. The van der Waals surface area contributed by atoms with Crippen molar-refractivity contribution in [3.8, 4) is 0 Å². The fourth-order valence-corrected chi connectivity index (χ4v) is 4.48. The van der Waals surface area contributed by atoms with Crippen molar-refractivity contribution in [2.75, 3.05) is 29.5 Å². The molecule has 1 saturated heterocycles. The largest absolute Gasteiger partial charge is 0.342 e. The van der Waals surface area contributed by atoms with Crippen LogP contribution in [-0.2, 0) is 20.8 Å². The normalized spacial score (nSPS) is 13.4. The molecular formula is C19H22N4O3S2. The van der Waals surface area contributed by atoms with E-state index in [2.05, 4.69) is 15.6 Å². The van der Waals surface area contributed by atoms with Crippen LogP contribution < -0.4 is 10.6 Å². The zero-order valence-corrected chi connectivity index (χ0v) is 17.2. The van der Waals surface area contributed by atoms with Crippen LogP contribution in [0.1, 0.15) is 25.5 Å². The second-order valence-electron chi connectivity index (χ2n) is 6.46. The number of carbonyl (C=O) groups excluding carboxylic acids is 3. The van der Waals surface area contributed by atoms with Gasteiger partial charge < -0.3 is 15.5 Å². The Morgan fingerprint density at radius 1 is 1.11 bits per heavy atom. The van der Waals surface area contributed by atoms with Crippen LogP contribution in [0.4, 0.5) is 11.4 Å². The number of carbonyl (C=O) groups is 3. The SMILES string of the molecule is CC(=O)Nc1ccc(NC(=O)CSc2nc(CC(=O)N3CCCC3)cs2)cc1. The van der Waals surface area contributed by atoms with E-state index in [0.29, 0.717) is 17.8 Å². The Morgan fingerprint density at radius 3 is 2.39 bits per heavy atom. The van der Waals surface area contributed by atoms with Gasteiger partial charge in [-0.25, -0.2) is 4.98 Å². The van der Waals surface area contributed by atoms with E-state index in [9.17, 15) is 14.4 Å². The molecular weight excluding hydrogens is 396 g/mol. The molecule has 2 heterocycles. The van der Waals surface area contributed by atoms with Crippen molar-refractivity contribution in [2.24, 2.45) is 0 Å². The second-order valence-corrected chi connectivity index (χ2v) is 8.55. The number of anilines is 2. The lowest BCUT2D eigenvalue weighted by atomic mass is 10.3. The first kappa shape index (κ1) is 20.3. The Labute approximate surface area is 171 Å². The summed E-state index contributed by atoms with van der Waals surface area (Å²) in [5, 5.41) is 7.37. The van der Waals surface area contributed by atoms with Gasteiger partial charge in [0, 0.05) is 36.8 Å². The summed E-state index contributed by atoms with van der Waals surface area (Å²) >= 11 is 2.80. The van der Waals surface area contributed by atoms with Crippen LogP contribution in [0.5, 0.6) is 0 Å². The molecule has 0 aliphatic carbocycles. The Hall–Kier alpha value is -2.39. The number of hydrogen-bond acceptors (Lipinski definition) is 6. The lowest BCUT2D eigenvalue weighted by Gasteiger charge is -2.13. The summed E-state index contributed by atoms with van der Waals surface area (Å²) in [5.74, 6) is 0.0839. The number of thiazole rings is 1. The molecule has 0 atom stereocenters. The van der Waals surface area contributed by atoms with Crippen molar-refractivity contribution in [3.05, 3.63) is 35.3 Å². The molecule has 0 saturated carbocycles. The number of aromatic nitrogens is 1. The molecule has 0 unspecified atom stereocenters. The summed E-state index contributed by atoms with van der Waals surface area (Å²) in [6, 6.07) is 6.93. The number of nitrogens with one attached hydrogen (secondary N) is 2. The van der Waals surface area contributed by atoms with Gasteiger partial charge in [-0.2, -0.15) is 0 Å². The molecule has 1 aromatic heterocycles. The highest BCUT2D eigenvalue weighted by Crippen LogP contribution is 2.24. The molecule has 2 aromatic rings. The molecule has 0 radical (unpaired) electrons. The summed E-state index contributed by atoms with van der Waals surface area (Å²) < 4.78 is 0.778. The topological polar surface area (TPSA) is 91.4 Å². The first-order valence-corrected chi connectivity index (χ1v) is 10.9. The van der Waals surface area contributed by atoms with Crippen LogP contribution in [0.2, 0.25) is 0 Å². The van der Waals surface area contributed by atoms with Crippen molar-refractivity contribution >= 4 is 52.2 Å². The van der Waals surface area contributed by atoms with Crippen molar-refractivity contribution in [1.29, 1.82) is 0 Å². The molecule has 1 aliphatic heterocycles. The van der Waals surface area contributed by atoms with Crippen LogP contribution in [0.3, 0.4) is 0 Å². The van der Waals surface area contributed by atoms with Crippen LogP contribution in [0.25, 0.3) is 0 Å². The van der Waals surface area contributed by atoms with E-state index in [1.165, 1.54) is 30.0 Å². The average molecular weight is 419 g/mol. The molecule has 9 heteroatoms. The quantitative estimate of drug-likeness (QED) is 0.675. The molecule has 2 N–H and O–H groups in total. The van der Waals surface area contributed by atoms with Crippen LogP contribution in [0, 0.1) is 0 Å². The van der Waals surface area contributed by atoms with Gasteiger partial charge in [0.05, 0.1) is 17.9 Å². The van der Waals surface area contributed by atoms with E-state index in [0.717, 1.165) is 36.0 Å². The zero-order chi connectivity index (χ0) is 19.9. The Bertz CT molecular complexity index is 845. The smallest absolute Gasteiger partial charge is 0.234 e. The Morgan fingerprint density at radius 2 is 1.75 bits per heavy atom. The van der Waals surface area contributed by atoms with Gasteiger partial charge in [0.1, 0.15) is 0 Å². The van der Waals surface area contributed by atoms with E-state index < -0.39 is 0 Å². The molecule has 3 rings (SSSR count).